The Morgan fingerprint density at radius 1 is 0.971 bits per heavy atom. The minimum absolute atomic E-state index is 0.162. The summed E-state index contributed by atoms with van der Waals surface area (Å²) < 4.78 is 17.5. The molecular weight excluding hydrogens is 495 g/mol. The first-order valence-electron chi connectivity index (χ1n) is 11.6. The van der Waals surface area contributed by atoms with Gasteiger partial charge in [0.05, 0.1) is 17.0 Å². The summed E-state index contributed by atoms with van der Waals surface area (Å²) >= 11 is 3.52. The highest BCUT2D eigenvalue weighted by Crippen LogP contribution is 2.35. The number of imidazole rings is 1. The van der Waals surface area contributed by atoms with E-state index in [-0.39, 0.29) is 23.6 Å². The number of amides is 1. The molecule has 0 saturated carbocycles. The van der Waals surface area contributed by atoms with Crippen LogP contribution in [0.25, 0.3) is 16.9 Å². The van der Waals surface area contributed by atoms with Crippen molar-refractivity contribution in [3.05, 3.63) is 94.5 Å². The number of aromatic nitrogens is 2. The molecule has 2 fully saturated rings. The lowest BCUT2D eigenvalue weighted by atomic mass is 10.1. The van der Waals surface area contributed by atoms with Gasteiger partial charge in [0.15, 0.2) is 0 Å². The zero-order chi connectivity index (χ0) is 23.2. The van der Waals surface area contributed by atoms with Gasteiger partial charge in [-0.25, -0.2) is 9.37 Å². The van der Waals surface area contributed by atoms with E-state index in [0.717, 1.165) is 46.5 Å². The van der Waals surface area contributed by atoms with E-state index >= 15 is 0 Å². The Hall–Kier alpha value is -3.03. The molecule has 4 aromatic rings. The Labute approximate surface area is 206 Å². The second kappa shape index (κ2) is 8.64. The first-order valence-corrected chi connectivity index (χ1v) is 12.4. The van der Waals surface area contributed by atoms with E-state index in [4.69, 9.17) is 4.98 Å². The molecule has 4 heterocycles. The Kier molecular flexibility index (Phi) is 5.46. The number of halogens is 2. The lowest BCUT2D eigenvalue weighted by Gasteiger charge is -2.41. The summed E-state index contributed by atoms with van der Waals surface area (Å²) in [5, 5.41) is 0. The van der Waals surface area contributed by atoms with Crippen LogP contribution in [0, 0.1) is 5.82 Å². The number of benzene rings is 2. The number of fused-ring (bicyclic) bond motifs is 3. The molecule has 0 spiro atoms. The summed E-state index contributed by atoms with van der Waals surface area (Å²) in [5.41, 5.74) is 4.32. The van der Waals surface area contributed by atoms with Crippen LogP contribution in [0.15, 0.2) is 77.4 Å². The number of carbonyl (C=O) groups excluding carboxylic acids is 1. The number of hydrogen-bond acceptors (Lipinski definition) is 3. The molecule has 2 bridgehead atoms. The van der Waals surface area contributed by atoms with Gasteiger partial charge < -0.3 is 9.30 Å². The van der Waals surface area contributed by atoms with E-state index in [0.29, 0.717) is 13.1 Å². The van der Waals surface area contributed by atoms with Crippen molar-refractivity contribution in [2.75, 3.05) is 13.1 Å². The number of pyridine rings is 1. The smallest absolute Gasteiger partial charge is 0.256 e. The fourth-order valence-electron chi connectivity index (χ4n) is 5.43. The molecule has 2 aliphatic heterocycles. The minimum Gasteiger partial charge on any atom is -0.335 e. The van der Waals surface area contributed by atoms with Gasteiger partial charge in [0, 0.05) is 48.0 Å². The molecular formula is C27H24BrFN4O. The van der Waals surface area contributed by atoms with Crippen LogP contribution in [0.5, 0.6) is 0 Å². The normalized spacial score (nSPS) is 20.2. The molecule has 1 amide bonds. The molecule has 5 nitrogen and oxygen atoms in total. The second-order valence-electron chi connectivity index (χ2n) is 9.09. The lowest BCUT2D eigenvalue weighted by molar-refractivity contribution is 0.0416. The Morgan fingerprint density at radius 2 is 1.68 bits per heavy atom. The van der Waals surface area contributed by atoms with E-state index in [1.807, 2.05) is 35.2 Å². The molecule has 0 radical (unpaired) electrons. The van der Waals surface area contributed by atoms with Gasteiger partial charge in [0.2, 0.25) is 0 Å². The van der Waals surface area contributed by atoms with E-state index in [1.165, 1.54) is 6.07 Å². The van der Waals surface area contributed by atoms with Crippen LogP contribution >= 0.6 is 15.9 Å². The standard InChI is InChI=1S/C27H24BrFN4O/c28-19-10-8-18(9-11-19)26-24(32-14-4-3-7-25(32)30-26)17-33-20-12-13-21(33)16-31(15-20)27(34)22-5-1-2-6-23(22)29/h1-11,14,20-21H,12-13,15-17H2. The lowest BCUT2D eigenvalue weighted by Crippen LogP contribution is -2.55. The van der Waals surface area contributed by atoms with Crippen LogP contribution in [-0.4, -0.2) is 50.3 Å². The maximum atomic E-state index is 14.2. The first-order chi connectivity index (χ1) is 16.6. The molecule has 2 aromatic carbocycles. The molecule has 2 atom stereocenters. The monoisotopic (exact) mass is 518 g/mol. The highest BCUT2D eigenvalue weighted by molar-refractivity contribution is 9.10. The van der Waals surface area contributed by atoms with Crippen LogP contribution < -0.4 is 0 Å². The van der Waals surface area contributed by atoms with Crippen molar-refractivity contribution in [2.24, 2.45) is 0 Å². The average molecular weight is 519 g/mol. The van der Waals surface area contributed by atoms with Crippen LogP contribution in [-0.2, 0) is 6.54 Å². The maximum Gasteiger partial charge on any atom is 0.256 e. The van der Waals surface area contributed by atoms with E-state index in [9.17, 15) is 9.18 Å². The number of rotatable bonds is 4. The van der Waals surface area contributed by atoms with Crippen molar-refractivity contribution in [3.63, 3.8) is 0 Å². The molecule has 34 heavy (non-hydrogen) atoms. The summed E-state index contributed by atoms with van der Waals surface area (Å²) in [6, 6.07) is 21.1. The van der Waals surface area contributed by atoms with Crippen LogP contribution in [0.3, 0.4) is 0 Å². The topological polar surface area (TPSA) is 40.9 Å². The molecule has 2 saturated heterocycles. The second-order valence-corrected chi connectivity index (χ2v) is 10.0. The van der Waals surface area contributed by atoms with Gasteiger partial charge in [0.1, 0.15) is 11.5 Å². The maximum absolute atomic E-state index is 14.2. The molecule has 2 unspecified atom stereocenters. The molecule has 6 rings (SSSR count). The van der Waals surface area contributed by atoms with Crippen molar-refractivity contribution in [1.29, 1.82) is 0 Å². The van der Waals surface area contributed by atoms with Gasteiger partial charge in [0.25, 0.3) is 5.91 Å². The number of likely N-dealkylation sites (tertiary alicyclic amines) is 1. The molecule has 2 aromatic heterocycles. The largest absolute Gasteiger partial charge is 0.335 e. The summed E-state index contributed by atoms with van der Waals surface area (Å²) in [6.45, 7) is 2.00. The number of piperazine rings is 1. The first kappa shape index (κ1) is 21.5. The van der Waals surface area contributed by atoms with Gasteiger partial charge >= 0.3 is 0 Å². The van der Waals surface area contributed by atoms with Gasteiger partial charge in [-0.3, -0.25) is 9.69 Å². The van der Waals surface area contributed by atoms with Crippen molar-refractivity contribution < 1.29 is 9.18 Å². The highest BCUT2D eigenvalue weighted by atomic mass is 79.9. The predicted molar refractivity (Wildman–Crippen MR) is 133 cm³/mol. The van der Waals surface area contributed by atoms with E-state index < -0.39 is 5.82 Å². The zero-order valence-corrected chi connectivity index (χ0v) is 20.2. The SMILES string of the molecule is O=C(c1ccccc1F)N1CC2CCC(C1)N2Cc1c(-c2ccc(Br)cc2)nc2ccccn12. The Balaban J connectivity index is 1.30. The van der Waals surface area contributed by atoms with Gasteiger partial charge in [-0.1, -0.05) is 46.3 Å². The van der Waals surface area contributed by atoms with Gasteiger partial charge in [-0.15, -0.1) is 0 Å². The van der Waals surface area contributed by atoms with Gasteiger partial charge in [-0.05, 0) is 49.2 Å². The Morgan fingerprint density at radius 3 is 2.41 bits per heavy atom. The molecule has 0 aliphatic carbocycles. The third-order valence-electron chi connectivity index (χ3n) is 7.10. The third kappa shape index (κ3) is 3.73. The zero-order valence-electron chi connectivity index (χ0n) is 18.6. The van der Waals surface area contributed by atoms with Crippen LogP contribution in [0.1, 0.15) is 28.9 Å². The molecule has 7 heteroatoms. The Bertz CT molecular complexity index is 1350. The van der Waals surface area contributed by atoms with Crippen molar-refractivity contribution in [1.82, 2.24) is 19.2 Å². The molecule has 0 N–H and O–H groups in total. The van der Waals surface area contributed by atoms with E-state index in [2.05, 4.69) is 43.6 Å². The third-order valence-corrected chi connectivity index (χ3v) is 7.63. The summed E-state index contributed by atoms with van der Waals surface area (Å²) in [5.74, 6) is -0.660. The number of nitrogens with zero attached hydrogens (tertiary/aromatic N) is 4. The van der Waals surface area contributed by atoms with Crippen LogP contribution in [0.4, 0.5) is 4.39 Å². The number of hydrogen-bond donors (Lipinski definition) is 0. The quantitative estimate of drug-likeness (QED) is 0.363. The van der Waals surface area contributed by atoms with Crippen molar-refractivity contribution >= 4 is 27.5 Å². The average Bonchev–Trinajstić information content (AvgIpc) is 3.32. The van der Waals surface area contributed by atoms with Crippen LogP contribution in [0.2, 0.25) is 0 Å². The summed E-state index contributed by atoms with van der Waals surface area (Å²) in [6.07, 6.45) is 4.14. The minimum atomic E-state index is -0.452. The van der Waals surface area contributed by atoms with E-state index in [1.54, 1.807) is 18.2 Å². The van der Waals surface area contributed by atoms with Crippen molar-refractivity contribution in [3.8, 4) is 11.3 Å². The summed E-state index contributed by atoms with van der Waals surface area (Å²) in [7, 11) is 0. The summed E-state index contributed by atoms with van der Waals surface area (Å²) in [4.78, 5) is 22.4. The van der Waals surface area contributed by atoms with Crippen molar-refractivity contribution in [2.45, 2.75) is 31.5 Å². The highest BCUT2D eigenvalue weighted by Gasteiger charge is 2.42. The molecule has 2 aliphatic rings. The fourth-order valence-corrected chi connectivity index (χ4v) is 5.69. The number of carbonyl (C=O) groups is 1. The molecule has 172 valence electrons. The fraction of sp³-hybridized carbons (Fsp3) is 0.259. The predicted octanol–water partition coefficient (Wildman–Crippen LogP) is 5.39. The van der Waals surface area contributed by atoms with Gasteiger partial charge in [-0.2, -0.15) is 0 Å².